The molecule has 5 fully saturated rings. The van der Waals surface area contributed by atoms with Crippen LogP contribution in [0.4, 0.5) is 9.59 Å². The molecular weight excluding hydrogens is 826 g/mol. The third kappa shape index (κ3) is 7.25. The minimum atomic E-state index is -2.36. The molecule has 1 aromatic rings. The molecule has 63 heavy (non-hydrogen) atoms. The van der Waals surface area contributed by atoms with E-state index in [2.05, 4.69) is 5.32 Å². The van der Waals surface area contributed by atoms with Crippen molar-refractivity contribution in [3.8, 4) is 0 Å². The van der Waals surface area contributed by atoms with Gasteiger partial charge in [-0.25, -0.2) is 19.2 Å². The maximum Gasteiger partial charge on any atom is 0.509 e. The molecule has 3 saturated carbocycles. The van der Waals surface area contributed by atoms with E-state index in [1.807, 2.05) is 13.8 Å². The number of benzene rings is 1. The Labute approximate surface area is 364 Å². The smallest absolute Gasteiger partial charge is 0.454 e. The van der Waals surface area contributed by atoms with Gasteiger partial charge in [0.05, 0.1) is 35.6 Å². The zero-order valence-electron chi connectivity index (χ0n) is 37.3. The first-order valence-corrected chi connectivity index (χ1v) is 21.1. The molecule has 1 amide bonds. The van der Waals surface area contributed by atoms with Crippen molar-refractivity contribution in [2.45, 2.75) is 155 Å². The van der Waals surface area contributed by atoms with E-state index in [0.29, 0.717) is 6.42 Å². The lowest BCUT2D eigenvalue weighted by Gasteiger charge is -2.67. The number of carbonyl (C=O) groups excluding carboxylic acids is 7. The predicted molar refractivity (Wildman–Crippen MR) is 214 cm³/mol. The standard InChI is InChI=1S/C45H57NO17/c1-20-27-31(57-21(2)47)33(51)43(11)25(49)17-26-44(19-56-26,61-22(3)48)32(43)35(59-36(52)23-15-13-12-14-16-23)45(42(27,9)10)34(60-39(55)63-45)30(20)58-37(53)29(50)28(24-18-41(24,7)8)46-38(54)62-40(4,5)6/h12-16,24-26,28-32,34-35,49-50H,17-19H2,1-11H3,(H,46,54)/t24-,25+,26-,28+,29-,30-,31-,32+,34+,35+,43-,44+,45-/m1/s1. The van der Waals surface area contributed by atoms with E-state index < -0.39 is 136 Å². The number of nitrogens with one attached hydrogen (secondary N) is 1. The molecule has 2 aliphatic heterocycles. The first-order chi connectivity index (χ1) is 29.1. The van der Waals surface area contributed by atoms with Crippen LogP contribution < -0.4 is 5.32 Å². The fourth-order valence-electron chi connectivity index (χ4n) is 11.1. The summed E-state index contributed by atoms with van der Waals surface area (Å²) in [5, 5.41) is 26.6. The predicted octanol–water partition coefficient (Wildman–Crippen LogP) is 3.66. The summed E-state index contributed by atoms with van der Waals surface area (Å²) in [5.74, 6) is -6.95. The molecule has 2 bridgehead atoms. The fourth-order valence-corrected chi connectivity index (χ4v) is 11.1. The highest BCUT2D eigenvalue weighted by molar-refractivity contribution is 5.96. The molecule has 1 aromatic carbocycles. The van der Waals surface area contributed by atoms with Crippen LogP contribution in [0.3, 0.4) is 0 Å². The number of hydrogen-bond acceptors (Lipinski definition) is 17. The number of Topliss-reactive ketones (excluding diaryl/α,β-unsaturated/α-hetero) is 1. The van der Waals surface area contributed by atoms with Crippen LogP contribution in [-0.4, -0.2) is 124 Å². The molecule has 3 N–H and O–H groups in total. The van der Waals surface area contributed by atoms with Gasteiger partial charge in [-0.3, -0.25) is 14.4 Å². The molecule has 1 spiro atoms. The van der Waals surface area contributed by atoms with Crippen molar-refractivity contribution in [1.29, 1.82) is 0 Å². The first-order valence-electron chi connectivity index (χ1n) is 21.1. The molecule has 0 radical (unpaired) electrons. The molecule has 18 nitrogen and oxygen atoms in total. The molecule has 0 aromatic heterocycles. The van der Waals surface area contributed by atoms with Gasteiger partial charge in [-0.05, 0) is 75.7 Å². The Morgan fingerprint density at radius 3 is 2.11 bits per heavy atom. The van der Waals surface area contributed by atoms with Gasteiger partial charge in [-0.1, -0.05) is 45.9 Å². The second-order valence-corrected chi connectivity index (χ2v) is 20.1. The second kappa shape index (κ2) is 15.3. The van der Waals surface area contributed by atoms with Crippen molar-refractivity contribution in [3.63, 3.8) is 0 Å². The second-order valence-electron chi connectivity index (χ2n) is 20.1. The lowest BCUT2D eigenvalue weighted by atomic mass is 9.44. The van der Waals surface area contributed by atoms with Crippen LogP contribution in [0.15, 0.2) is 41.5 Å². The van der Waals surface area contributed by atoms with Crippen LogP contribution in [0, 0.1) is 28.1 Å². The normalized spacial score (nSPS) is 36.7. The number of aliphatic hydroxyl groups excluding tert-OH is 2. The zero-order chi connectivity index (χ0) is 46.6. The molecule has 18 heteroatoms. The highest BCUT2D eigenvalue weighted by Crippen LogP contribution is 2.67. The topological polar surface area (TPSA) is 246 Å². The molecule has 344 valence electrons. The number of esters is 4. The zero-order valence-corrected chi connectivity index (χ0v) is 37.3. The summed E-state index contributed by atoms with van der Waals surface area (Å²) in [6.07, 6.45) is -14.0. The monoisotopic (exact) mass is 883 g/mol. The van der Waals surface area contributed by atoms with E-state index in [1.54, 1.807) is 52.8 Å². The number of alkyl carbamates (subject to hydrolysis) is 1. The third-order valence-corrected chi connectivity index (χ3v) is 14.2. The number of amides is 1. The van der Waals surface area contributed by atoms with Gasteiger partial charge < -0.3 is 53.4 Å². The summed E-state index contributed by atoms with van der Waals surface area (Å²) in [5.41, 5.74) is -9.38. The van der Waals surface area contributed by atoms with Crippen LogP contribution in [0.1, 0.15) is 99.4 Å². The summed E-state index contributed by atoms with van der Waals surface area (Å²) in [6, 6.07) is 6.52. The van der Waals surface area contributed by atoms with Crippen LogP contribution in [0.25, 0.3) is 0 Å². The van der Waals surface area contributed by atoms with Crippen molar-refractivity contribution < 1.29 is 81.7 Å². The van der Waals surface area contributed by atoms with E-state index in [0.717, 1.165) is 13.8 Å². The SMILES string of the molecule is CC(=O)O[C@H]1C(=O)[C@@]2(C)[C@H]([C@H](OC(=O)c3ccccc3)[C@]34OC(=O)O[C@H]3[C@H](OC(=O)[C@H](O)[C@@H](NC(=O)OC(C)(C)C)[C@H]3CC3(C)C)C(C)=C1C4(C)C)[C@]1(OC(C)=O)CO[C@@H]1C[C@@H]2O. The first kappa shape index (κ1) is 45.9. The lowest BCUT2D eigenvalue weighted by molar-refractivity contribution is -0.345. The maximum atomic E-state index is 15.6. The highest BCUT2D eigenvalue weighted by Gasteiger charge is 2.83. The van der Waals surface area contributed by atoms with Gasteiger partial charge in [0.25, 0.3) is 0 Å². The van der Waals surface area contributed by atoms with E-state index in [9.17, 15) is 39.0 Å². The molecule has 2 heterocycles. The number of ether oxygens (including phenoxy) is 8. The fraction of sp³-hybridized carbons (Fsp3) is 0.667. The van der Waals surface area contributed by atoms with Gasteiger partial charge in [-0.15, -0.1) is 0 Å². The summed E-state index contributed by atoms with van der Waals surface area (Å²) in [7, 11) is 0. The quantitative estimate of drug-likeness (QED) is 0.182. The average Bonchev–Trinajstić information content (AvgIpc) is 3.65. The Hall–Kier alpha value is -5.07. The number of carbonyl (C=O) groups is 7. The third-order valence-electron chi connectivity index (χ3n) is 14.2. The van der Waals surface area contributed by atoms with Crippen LogP contribution in [-0.2, 0) is 57.1 Å². The number of hydrogen-bond donors (Lipinski definition) is 3. The van der Waals surface area contributed by atoms with E-state index in [1.165, 1.54) is 26.0 Å². The van der Waals surface area contributed by atoms with Gasteiger partial charge >= 0.3 is 36.1 Å². The van der Waals surface area contributed by atoms with Crippen LogP contribution in [0.2, 0.25) is 0 Å². The van der Waals surface area contributed by atoms with Crippen molar-refractivity contribution in [2.24, 2.45) is 28.1 Å². The Kier molecular flexibility index (Phi) is 11.1. The minimum absolute atomic E-state index is 0.0288. The van der Waals surface area contributed by atoms with Gasteiger partial charge in [0.2, 0.25) is 5.60 Å². The van der Waals surface area contributed by atoms with Crippen LogP contribution in [0.5, 0.6) is 0 Å². The summed E-state index contributed by atoms with van der Waals surface area (Å²) < 4.78 is 48.4. The number of rotatable bonds is 9. The maximum absolute atomic E-state index is 15.6. The van der Waals surface area contributed by atoms with Crippen molar-refractivity contribution >= 4 is 41.9 Å². The Bertz CT molecular complexity index is 2140. The summed E-state index contributed by atoms with van der Waals surface area (Å²) >= 11 is 0. The van der Waals surface area contributed by atoms with Gasteiger partial charge in [0, 0.05) is 25.7 Å². The van der Waals surface area contributed by atoms with E-state index >= 15 is 4.79 Å². The molecule has 13 atom stereocenters. The lowest BCUT2D eigenvalue weighted by Crippen LogP contribution is -2.83. The van der Waals surface area contributed by atoms with Crippen molar-refractivity contribution in [3.05, 3.63) is 47.0 Å². The minimum Gasteiger partial charge on any atom is -0.454 e. The molecular formula is C45H57NO17. The molecule has 6 aliphatic rings. The van der Waals surface area contributed by atoms with E-state index in [-0.39, 0.29) is 29.7 Å². The molecule has 7 rings (SSSR count). The molecule has 2 saturated heterocycles. The largest absolute Gasteiger partial charge is 0.509 e. The summed E-state index contributed by atoms with van der Waals surface area (Å²) in [4.78, 5) is 97.8. The van der Waals surface area contributed by atoms with Crippen molar-refractivity contribution in [2.75, 3.05) is 6.61 Å². The Morgan fingerprint density at radius 2 is 1.57 bits per heavy atom. The molecule has 0 unspecified atom stereocenters. The van der Waals surface area contributed by atoms with Crippen molar-refractivity contribution in [1.82, 2.24) is 5.32 Å². The number of ketones is 1. The van der Waals surface area contributed by atoms with Gasteiger partial charge in [0.15, 0.2) is 41.9 Å². The van der Waals surface area contributed by atoms with Gasteiger partial charge in [0.1, 0.15) is 11.7 Å². The summed E-state index contributed by atoms with van der Waals surface area (Å²) in [6.45, 7) is 16.5. The number of fused-ring (bicyclic) bond motifs is 4. The Morgan fingerprint density at radius 1 is 0.937 bits per heavy atom. The molecule has 4 aliphatic carbocycles. The van der Waals surface area contributed by atoms with E-state index in [4.69, 9.17) is 37.9 Å². The van der Waals surface area contributed by atoms with Crippen LogP contribution >= 0.6 is 0 Å². The average molecular weight is 884 g/mol. The Balaban J connectivity index is 1.45. The number of aliphatic hydroxyl groups is 2. The highest BCUT2D eigenvalue weighted by atomic mass is 16.8. The van der Waals surface area contributed by atoms with Gasteiger partial charge in [-0.2, -0.15) is 0 Å².